The molecule has 42 heavy (non-hydrogen) atoms. The Morgan fingerprint density at radius 1 is 0.357 bits per heavy atom. The number of carbonyl (C=O) groups excluding carboxylic acids is 1. The van der Waals surface area contributed by atoms with Gasteiger partial charge in [-0.05, 0) is 25.7 Å². The van der Waals surface area contributed by atoms with Crippen molar-refractivity contribution in [2.75, 3.05) is 0 Å². The zero-order valence-corrected chi connectivity index (χ0v) is 26.9. The van der Waals surface area contributed by atoms with Crippen molar-refractivity contribution in [2.45, 2.75) is 199 Å². The molecule has 0 atom stereocenters. The lowest BCUT2D eigenvalue weighted by molar-refractivity contribution is -0.149. The number of carboxylic acid groups (broad SMARTS) is 2. The Hall–Kier alpha value is -1.47. The summed E-state index contributed by atoms with van der Waals surface area (Å²) in [4.78, 5) is 33.3. The average Bonchev–Trinajstić information content (AvgIpc) is 2.95. The third kappa shape index (κ3) is 30.0. The molecule has 0 unspecified atom stereocenters. The van der Waals surface area contributed by atoms with Crippen molar-refractivity contribution >= 4 is 17.7 Å². The Balaban J connectivity index is 3.62. The molecule has 0 rings (SSSR count). The van der Waals surface area contributed by atoms with E-state index in [9.17, 15) is 24.6 Å². The predicted molar refractivity (Wildman–Crippen MR) is 171 cm³/mol. The SMILES string of the molecule is O=C(O)CCCCCCCCCCCCCCCC(CCCCCCCCCCCCCCCC(=O)O)C(=O)C(O)O. The quantitative estimate of drug-likeness (QED) is 0.0428. The first-order valence-electron chi connectivity index (χ1n) is 17.7. The molecule has 0 saturated carbocycles. The monoisotopic (exact) mass is 598 g/mol. The van der Waals surface area contributed by atoms with Gasteiger partial charge in [0.2, 0.25) is 6.29 Å². The highest BCUT2D eigenvalue weighted by Gasteiger charge is 2.23. The fourth-order valence-corrected chi connectivity index (χ4v) is 5.86. The number of aliphatic hydroxyl groups excluding tert-OH is 1. The molecule has 0 aliphatic rings. The van der Waals surface area contributed by atoms with Crippen molar-refractivity contribution in [3.05, 3.63) is 0 Å². The van der Waals surface area contributed by atoms with Gasteiger partial charge in [-0.15, -0.1) is 0 Å². The fourth-order valence-electron chi connectivity index (χ4n) is 5.86. The van der Waals surface area contributed by atoms with Gasteiger partial charge in [0.1, 0.15) is 0 Å². The predicted octanol–water partition coefficient (Wildman–Crippen LogP) is 9.35. The number of Topliss-reactive ketones (excluding diaryl/α,β-unsaturated/α-hetero) is 1. The fraction of sp³-hybridized carbons (Fsp3) is 0.914. The van der Waals surface area contributed by atoms with E-state index in [1.807, 2.05) is 0 Å². The first kappa shape index (κ1) is 40.5. The largest absolute Gasteiger partial charge is 0.481 e. The zero-order valence-electron chi connectivity index (χ0n) is 26.9. The minimum Gasteiger partial charge on any atom is -0.481 e. The molecule has 0 amide bonds. The van der Waals surface area contributed by atoms with Crippen LogP contribution < -0.4 is 0 Å². The lowest BCUT2D eigenvalue weighted by Crippen LogP contribution is -2.27. The summed E-state index contributed by atoms with van der Waals surface area (Å²) in [7, 11) is 0. The van der Waals surface area contributed by atoms with Crippen LogP contribution in [0.2, 0.25) is 0 Å². The minimum absolute atomic E-state index is 0.224. The highest BCUT2D eigenvalue weighted by atomic mass is 16.5. The number of ketones is 1. The second-order valence-corrected chi connectivity index (χ2v) is 12.5. The lowest BCUT2D eigenvalue weighted by atomic mass is 9.90. The number of rotatable bonds is 34. The van der Waals surface area contributed by atoms with E-state index < -0.39 is 24.0 Å². The van der Waals surface area contributed by atoms with E-state index in [4.69, 9.17) is 10.2 Å². The van der Waals surface area contributed by atoms with E-state index in [1.54, 1.807) is 0 Å². The Morgan fingerprint density at radius 3 is 0.786 bits per heavy atom. The summed E-state index contributed by atoms with van der Waals surface area (Å²) >= 11 is 0. The molecule has 0 aromatic heterocycles. The lowest BCUT2D eigenvalue weighted by Gasteiger charge is -2.16. The van der Waals surface area contributed by atoms with Crippen molar-refractivity contribution in [3.8, 4) is 0 Å². The summed E-state index contributed by atoms with van der Waals surface area (Å²) in [5, 5.41) is 36.1. The first-order valence-corrected chi connectivity index (χ1v) is 17.7. The van der Waals surface area contributed by atoms with Crippen molar-refractivity contribution in [2.24, 2.45) is 5.92 Å². The van der Waals surface area contributed by atoms with Crippen LogP contribution in [-0.2, 0) is 14.4 Å². The number of aliphatic carboxylic acids is 2. The average molecular weight is 599 g/mol. The summed E-state index contributed by atoms with van der Waals surface area (Å²) < 4.78 is 0. The topological polar surface area (TPSA) is 132 Å². The summed E-state index contributed by atoms with van der Waals surface area (Å²) in [6, 6.07) is 0. The molecule has 7 heteroatoms. The third-order valence-electron chi connectivity index (χ3n) is 8.54. The Bertz CT molecular complexity index is 591. The van der Waals surface area contributed by atoms with Crippen molar-refractivity contribution < 1.29 is 34.8 Å². The summed E-state index contributed by atoms with van der Waals surface area (Å²) in [6.07, 6.45) is 30.3. The normalized spacial score (nSPS) is 11.5. The van der Waals surface area contributed by atoms with E-state index >= 15 is 0 Å². The van der Waals surface area contributed by atoms with Crippen LogP contribution in [0.25, 0.3) is 0 Å². The Labute approximate surface area is 257 Å². The molecule has 0 heterocycles. The molecule has 0 spiro atoms. The van der Waals surface area contributed by atoms with Gasteiger partial charge in [0.25, 0.3) is 0 Å². The van der Waals surface area contributed by atoms with Crippen LogP contribution >= 0.6 is 0 Å². The van der Waals surface area contributed by atoms with Crippen LogP contribution in [0.5, 0.6) is 0 Å². The first-order chi connectivity index (χ1) is 20.3. The maximum atomic E-state index is 12.3. The summed E-state index contributed by atoms with van der Waals surface area (Å²) in [5.74, 6) is -2.01. The molecule has 7 nitrogen and oxygen atoms in total. The number of unbranched alkanes of at least 4 members (excludes halogenated alkanes) is 24. The number of hydrogen-bond acceptors (Lipinski definition) is 5. The van der Waals surface area contributed by atoms with Gasteiger partial charge in [0.05, 0.1) is 0 Å². The van der Waals surface area contributed by atoms with Crippen LogP contribution in [0, 0.1) is 5.92 Å². The van der Waals surface area contributed by atoms with E-state index in [2.05, 4.69) is 0 Å². The molecular formula is C35H66O7. The summed E-state index contributed by atoms with van der Waals surface area (Å²) in [6.45, 7) is 0. The highest BCUT2D eigenvalue weighted by molar-refractivity contribution is 5.83. The Kier molecular flexibility index (Phi) is 29.9. The molecule has 0 aromatic rings. The van der Waals surface area contributed by atoms with Crippen molar-refractivity contribution in [1.82, 2.24) is 0 Å². The van der Waals surface area contributed by atoms with Crippen LogP contribution in [-0.4, -0.2) is 44.4 Å². The van der Waals surface area contributed by atoms with E-state index in [-0.39, 0.29) is 5.92 Å². The van der Waals surface area contributed by atoms with Crippen LogP contribution in [0.1, 0.15) is 193 Å². The van der Waals surface area contributed by atoms with Crippen molar-refractivity contribution in [1.29, 1.82) is 0 Å². The second kappa shape index (κ2) is 31.0. The number of carbonyl (C=O) groups is 3. The van der Waals surface area contributed by atoms with E-state index in [0.717, 1.165) is 77.0 Å². The van der Waals surface area contributed by atoms with Gasteiger partial charge < -0.3 is 20.4 Å². The number of aliphatic hydroxyl groups is 2. The maximum absolute atomic E-state index is 12.3. The molecule has 0 radical (unpaired) electrons. The Morgan fingerprint density at radius 2 is 0.571 bits per heavy atom. The van der Waals surface area contributed by atoms with Gasteiger partial charge in [0, 0.05) is 18.8 Å². The molecule has 4 N–H and O–H groups in total. The number of carboxylic acids is 2. The van der Waals surface area contributed by atoms with Gasteiger partial charge in [-0.25, -0.2) is 0 Å². The zero-order chi connectivity index (χ0) is 31.1. The molecule has 0 aliphatic heterocycles. The van der Waals surface area contributed by atoms with Gasteiger partial charge in [0.15, 0.2) is 5.78 Å². The van der Waals surface area contributed by atoms with Gasteiger partial charge in [-0.2, -0.15) is 0 Å². The molecule has 0 saturated heterocycles. The van der Waals surface area contributed by atoms with E-state index in [1.165, 1.54) is 103 Å². The molecule has 248 valence electrons. The summed E-state index contributed by atoms with van der Waals surface area (Å²) in [5.41, 5.74) is 0. The second-order valence-electron chi connectivity index (χ2n) is 12.5. The molecule has 0 aliphatic carbocycles. The third-order valence-corrected chi connectivity index (χ3v) is 8.54. The van der Waals surface area contributed by atoms with E-state index in [0.29, 0.717) is 12.8 Å². The number of hydrogen-bond donors (Lipinski definition) is 4. The minimum atomic E-state index is -1.84. The van der Waals surface area contributed by atoms with Crippen LogP contribution in [0.3, 0.4) is 0 Å². The van der Waals surface area contributed by atoms with Crippen LogP contribution in [0.4, 0.5) is 0 Å². The molecule has 0 fully saturated rings. The van der Waals surface area contributed by atoms with Gasteiger partial charge in [-0.3, -0.25) is 14.4 Å². The van der Waals surface area contributed by atoms with Crippen molar-refractivity contribution in [3.63, 3.8) is 0 Å². The van der Waals surface area contributed by atoms with Gasteiger partial charge in [-0.1, -0.05) is 154 Å². The van der Waals surface area contributed by atoms with Gasteiger partial charge >= 0.3 is 11.9 Å². The maximum Gasteiger partial charge on any atom is 0.303 e. The van der Waals surface area contributed by atoms with Crippen LogP contribution in [0.15, 0.2) is 0 Å². The smallest absolute Gasteiger partial charge is 0.303 e. The highest BCUT2D eigenvalue weighted by Crippen LogP contribution is 2.22. The molecule has 0 aromatic carbocycles. The molecule has 0 bridgehead atoms. The standard InChI is InChI=1S/C35H66O7/c36-32(37)29-25-21-17-13-9-5-1-3-7-11-15-19-23-27-31(34(40)35(41)42)28-24-20-16-12-8-4-2-6-10-14-18-22-26-30-33(38)39/h31,35,41-42H,1-30H2,(H,36,37)(H,38,39). The molecular weight excluding hydrogens is 532 g/mol.